The number of aromatic hydroxyl groups is 1. The van der Waals surface area contributed by atoms with E-state index < -0.39 is 0 Å². The number of methoxy groups -OCH3 is 1. The van der Waals surface area contributed by atoms with Gasteiger partial charge in [-0.15, -0.1) is 0 Å². The predicted molar refractivity (Wildman–Crippen MR) is 102 cm³/mol. The Bertz CT molecular complexity index is 708. The van der Waals surface area contributed by atoms with Gasteiger partial charge in [-0.25, -0.2) is 0 Å². The first kappa shape index (κ1) is 17.9. The molecule has 0 unspecified atom stereocenters. The largest absolute Gasteiger partial charge is 0.507 e. The number of rotatable bonds is 7. The molecular weight excluding hydrogens is 296 g/mol. The Balaban J connectivity index is 2.06. The van der Waals surface area contributed by atoms with Crippen molar-refractivity contribution in [1.82, 2.24) is 0 Å². The number of hydrogen-bond donors (Lipinski definition) is 1. The van der Waals surface area contributed by atoms with Crippen molar-refractivity contribution in [2.24, 2.45) is 0 Å². The van der Waals surface area contributed by atoms with Crippen LogP contribution in [0.5, 0.6) is 11.5 Å². The topological polar surface area (TPSA) is 29.5 Å². The molecule has 1 N–H and O–H groups in total. The molecule has 0 saturated carbocycles. The molecule has 0 amide bonds. The molecule has 0 heterocycles. The predicted octanol–water partition coefficient (Wildman–Crippen LogP) is 5.56. The van der Waals surface area contributed by atoms with Crippen LogP contribution < -0.4 is 4.74 Å². The fourth-order valence-corrected chi connectivity index (χ4v) is 2.56. The molecule has 0 saturated heterocycles. The van der Waals surface area contributed by atoms with E-state index in [1.165, 1.54) is 11.1 Å². The summed E-state index contributed by atoms with van der Waals surface area (Å²) >= 11 is 0. The Morgan fingerprint density at radius 1 is 1.12 bits per heavy atom. The van der Waals surface area contributed by atoms with Crippen molar-refractivity contribution in [1.29, 1.82) is 0 Å². The maximum absolute atomic E-state index is 10.3. The molecule has 0 spiro atoms. The minimum atomic E-state index is 0.287. The van der Waals surface area contributed by atoms with Gasteiger partial charge in [0.1, 0.15) is 11.5 Å². The summed E-state index contributed by atoms with van der Waals surface area (Å²) in [5, 5.41) is 10.3. The summed E-state index contributed by atoms with van der Waals surface area (Å²) in [6, 6.07) is 14.2. The molecular formula is C22H26O2. The molecule has 0 radical (unpaired) electrons. The lowest BCUT2D eigenvalue weighted by molar-refractivity contribution is 0.401. The molecule has 126 valence electrons. The maximum atomic E-state index is 10.3. The van der Waals surface area contributed by atoms with Crippen molar-refractivity contribution in [2.45, 2.75) is 33.1 Å². The lowest BCUT2D eigenvalue weighted by Crippen LogP contribution is -1.93. The van der Waals surface area contributed by atoms with E-state index in [1.807, 2.05) is 32.1 Å². The average molecular weight is 322 g/mol. The third-order valence-corrected chi connectivity index (χ3v) is 3.89. The van der Waals surface area contributed by atoms with Crippen molar-refractivity contribution >= 4 is 6.08 Å². The Kier molecular flexibility index (Phi) is 6.68. The first-order valence-electron chi connectivity index (χ1n) is 8.34. The quantitative estimate of drug-likeness (QED) is 0.677. The lowest BCUT2D eigenvalue weighted by atomic mass is 10.0. The second-order valence-electron chi connectivity index (χ2n) is 6.13. The van der Waals surface area contributed by atoms with Gasteiger partial charge in [0.25, 0.3) is 0 Å². The highest BCUT2D eigenvalue weighted by atomic mass is 16.5. The van der Waals surface area contributed by atoms with Crippen LogP contribution in [-0.2, 0) is 12.8 Å². The van der Waals surface area contributed by atoms with Gasteiger partial charge in [-0.2, -0.15) is 0 Å². The molecule has 0 aliphatic rings. The van der Waals surface area contributed by atoms with Crippen molar-refractivity contribution in [3.8, 4) is 11.5 Å². The molecule has 0 aliphatic carbocycles. The van der Waals surface area contributed by atoms with E-state index in [4.69, 9.17) is 4.74 Å². The SMILES string of the molecule is COc1cc(C=CCCc2ccccc2)cc(O)c1CC=C(C)C. The molecule has 2 rings (SSSR count). The Labute approximate surface area is 145 Å². The number of ether oxygens (including phenoxy) is 1. The van der Waals surface area contributed by atoms with Crippen LogP contribution in [0.1, 0.15) is 37.0 Å². The number of hydrogen-bond acceptors (Lipinski definition) is 2. The minimum absolute atomic E-state index is 0.287. The Morgan fingerprint density at radius 2 is 1.88 bits per heavy atom. The van der Waals surface area contributed by atoms with E-state index >= 15 is 0 Å². The van der Waals surface area contributed by atoms with E-state index in [1.54, 1.807) is 13.2 Å². The number of phenols is 1. The average Bonchev–Trinajstić information content (AvgIpc) is 2.58. The second kappa shape index (κ2) is 8.97. The zero-order chi connectivity index (χ0) is 17.4. The molecule has 0 aromatic heterocycles. The molecule has 0 fully saturated rings. The molecule has 24 heavy (non-hydrogen) atoms. The van der Waals surface area contributed by atoms with Crippen LogP contribution in [0.3, 0.4) is 0 Å². The first-order valence-corrected chi connectivity index (χ1v) is 8.34. The van der Waals surface area contributed by atoms with E-state index in [-0.39, 0.29) is 5.75 Å². The van der Waals surface area contributed by atoms with Gasteiger partial charge in [0.2, 0.25) is 0 Å². The van der Waals surface area contributed by atoms with Crippen LogP contribution in [0.25, 0.3) is 6.08 Å². The summed E-state index contributed by atoms with van der Waals surface area (Å²) in [6.07, 6.45) is 8.92. The summed E-state index contributed by atoms with van der Waals surface area (Å²) < 4.78 is 5.45. The minimum Gasteiger partial charge on any atom is -0.507 e. The third kappa shape index (κ3) is 5.31. The molecule has 2 nitrogen and oxygen atoms in total. The number of allylic oxidation sites excluding steroid dienone is 3. The van der Waals surface area contributed by atoms with E-state index in [9.17, 15) is 5.11 Å². The highest BCUT2D eigenvalue weighted by molar-refractivity contribution is 5.59. The van der Waals surface area contributed by atoms with Crippen LogP contribution in [0.2, 0.25) is 0 Å². The van der Waals surface area contributed by atoms with Crippen molar-refractivity contribution in [2.75, 3.05) is 7.11 Å². The zero-order valence-electron chi connectivity index (χ0n) is 14.8. The fourth-order valence-electron chi connectivity index (χ4n) is 2.56. The summed E-state index contributed by atoms with van der Waals surface area (Å²) in [4.78, 5) is 0. The van der Waals surface area contributed by atoms with Crippen LogP contribution >= 0.6 is 0 Å². The standard InChI is InChI=1S/C22H26O2/c1-17(2)13-14-20-21(23)15-19(16-22(20)24-3)12-8-7-11-18-9-5-4-6-10-18/h4-6,8-10,12-13,15-16,23H,7,11,14H2,1-3H3. The number of benzene rings is 2. The van der Waals surface area contributed by atoms with Gasteiger partial charge >= 0.3 is 0 Å². The summed E-state index contributed by atoms with van der Waals surface area (Å²) in [7, 11) is 1.64. The van der Waals surface area contributed by atoms with Crippen molar-refractivity contribution < 1.29 is 9.84 Å². The van der Waals surface area contributed by atoms with Crippen LogP contribution in [0.15, 0.2) is 60.2 Å². The molecule has 0 aliphatic heterocycles. The van der Waals surface area contributed by atoms with Crippen molar-refractivity contribution in [3.63, 3.8) is 0 Å². The van der Waals surface area contributed by atoms with Gasteiger partial charge in [0.15, 0.2) is 0 Å². The lowest BCUT2D eigenvalue weighted by Gasteiger charge is -2.10. The normalized spacial score (nSPS) is 10.8. The number of phenolic OH excluding ortho intramolecular Hbond substituents is 1. The number of aryl methyl sites for hydroxylation is 1. The molecule has 0 atom stereocenters. The van der Waals surface area contributed by atoms with Gasteiger partial charge in [-0.3, -0.25) is 0 Å². The summed E-state index contributed by atoms with van der Waals surface area (Å²) in [6.45, 7) is 4.10. The summed E-state index contributed by atoms with van der Waals surface area (Å²) in [5.41, 5.74) is 4.35. The van der Waals surface area contributed by atoms with E-state index in [0.717, 1.165) is 29.7 Å². The van der Waals surface area contributed by atoms with Crippen molar-refractivity contribution in [3.05, 3.63) is 76.9 Å². The molecule has 2 aromatic carbocycles. The molecule has 2 heteroatoms. The smallest absolute Gasteiger partial charge is 0.126 e. The highest BCUT2D eigenvalue weighted by Crippen LogP contribution is 2.31. The second-order valence-corrected chi connectivity index (χ2v) is 6.13. The van der Waals surface area contributed by atoms with E-state index in [0.29, 0.717) is 6.42 Å². The van der Waals surface area contributed by atoms with E-state index in [2.05, 4.69) is 36.4 Å². The molecule has 0 bridgehead atoms. The monoisotopic (exact) mass is 322 g/mol. The highest BCUT2D eigenvalue weighted by Gasteiger charge is 2.09. The van der Waals surface area contributed by atoms with Crippen LogP contribution in [0, 0.1) is 0 Å². The fraction of sp³-hybridized carbons (Fsp3) is 0.273. The zero-order valence-corrected chi connectivity index (χ0v) is 14.8. The summed E-state index contributed by atoms with van der Waals surface area (Å²) in [5.74, 6) is 1.02. The van der Waals surface area contributed by atoms with Gasteiger partial charge in [0.05, 0.1) is 7.11 Å². The molecule has 2 aromatic rings. The van der Waals surface area contributed by atoms with Gasteiger partial charge in [0, 0.05) is 5.56 Å². The van der Waals surface area contributed by atoms with Crippen LogP contribution in [-0.4, -0.2) is 12.2 Å². The van der Waals surface area contributed by atoms with Gasteiger partial charge in [-0.1, -0.05) is 54.1 Å². The first-order chi connectivity index (χ1) is 11.6. The third-order valence-electron chi connectivity index (χ3n) is 3.89. The van der Waals surface area contributed by atoms with Crippen LogP contribution in [0.4, 0.5) is 0 Å². The van der Waals surface area contributed by atoms with Gasteiger partial charge in [-0.05, 0) is 56.4 Å². The maximum Gasteiger partial charge on any atom is 0.126 e. The Morgan fingerprint density at radius 3 is 2.54 bits per heavy atom. The Hall–Kier alpha value is -2.48. The van der Waals surface area contributed by atoms with Gasteiger partial charge < -0.3 is 9.84 Å².